The van der Waals surface area contributed by atoms with Gasteiger partial charge in [-0.25, -0.2) is 0 Å². The van der Waals surface area contributed by atoms with Gasteiger partial charge in [0.15, 0.2) is 0 Å². The summed E-state index contributed by atoms with van der Waals surface area (Å²) < 4.78 is 5.28. The monoisotopic (exact) mass is 284 g/mol. The molecule has 0 spiro atoms. The van der Waals surface area contributed by atoms with Gasteiger partial charge in [-0.3, -0.25) is 4.79 Å². The Labute approximate surface area is 120 Å². The van der Waals surface area contributed by atoms with Crippen molar-refractivity contribution >= 4 is 23.6 Å². The maximum atomic E-state index is 12.4. The molecule has 0 unspecified atom stereocenters. The van der Waals surface area contributed by atoms with Crippen molar-refractivity contribution in [3.63, 3.8) is 0 Å². The Balaban J connectivity index is 1.98. The maximum Gasteiger partial charge on any atom is 0.293 e. The number of hydrogen-bond donors (Lipinski definition) is 1. The van der Waals surface area contributed by atoms with Gasteiger partial charge in [0.2, 0.25) is 0 Å². The minimum absolute atomic E-state index is 0.114. The van der Waals surface area contributed by atoms with Crippen LogP contribution in [-0.4, -0.2) is 39.4 Å². The first kappa shape index (κ1) is 13.0. The Morgan fingerprint density at radius 1 is 1.33 bits per heavy atom. The van der Waals surface area contributed by atoms with Crippen LogP contribution in [0.4, 0.5) is 5.95 Å². The Hall–Kier alpha value is -3.03. The number of rotatable bonds is 3. The number of nitrogens with one attached hydrogen (secondary N) is 1. The number of tetrazole rings is 1. The van der Waals surface area contributed by atoms with E-state index >= 15 is 0 Å². The highest BCUT2D eigenvalue weighted by atomic mass is 16.5. The lowest BCUT2D eigenvalue weighted by molar-refractivity contribution is -0.114. The third-order valence-electron chi connectivity index (χ3n) is 3.02. The number of methoxy groups -OCH3 is 1. The number of H-pyrrole nitrogens is 1. The van der Waals surface area contributed by atoms with Gasteiger partial charge < -0.3 is 4.74 Å². The van der Waals surface area contributed by atoms with Crippen molar-refractivity contribution in [2.24, 2.45) is 5.10 Å². The Bertz CT molecular complexity index is 735. The van der Waals surface area contributed by atoms with Crippen LogP contribution in [0.2, 0.25) is 0 Å². The average Bonchev–Trinajstić information content (AvgIpc) is 3.11. The highest BCUT2D eigenvalue weighted by Gasteiger charge is 2.31. The van der Waals surface area contributed by atoms with Gasteiger partial charge in [-0.05, 0) is 24.3 Å². The fourth-order valence-electron chi connectivity index (χ4n) is 2.01. The molecule has 1 amide bonds. The van der Waals surface area contributed by atoms with E-state index in [4.69, 9.17) is 4.74 Å². The Morgan fingerprint density at radius 2 is 2.14 bits per heavy atom. The Morgan fingerprint density at radius 3 is 2.86 bits per heavy atom. The third kappa shape index (κ3) is 2.27. The van der Waals surface area contributed by atoms with Crippen LogP contribution in [0.5, 0.6) is 5.75 Å². The van der Waals surface area contributed by atoms with Crippen LogP contribution in [0, 0.1) is 0 Å². The molecule has 1 aliphatic rings. The molecule has 1 aliphatic heterocycles. The molecule has 0 atom stereocenters. The molecule has 106 valence electrons. The number of hydrogen-bond acceptors (Lipinski definition) is 6. The number of amides is 1. The molecule has 21 heavy (non-hydrogen) atoms. The fourth-order valence-corrected chi connectivity index (χ4v) is 2.01. The van der Waals surface area contributed by atoms with Crippen LogP contribution in [0.15, 0.2) is 34.9 Å². The van der Waals surface area contributed by atoms with Crippen molar-refractivity contribution in [1.82, 2.24) is 20.6 Å². The second kappa shape index (κ2) is 5.16. The van der Waals surface area contributed by atoms with E-state index in [0.717, 1.165) is 10.6 Å². The van der Waals surface area contributed by atoms with E-state index in [2.05, 4.69) is 25.7 Å². The van der Waals surface area contributed by atoms with E-state index in [9.17, 15) is 4.79 Å². The number of carbonyl (C=O) groups is 1. The van der Waals surface area contributed by atoms with E-state index in [1.165, 1.54) is 0 Å². The predicted molar refractivity (Wildman–Crippen MR) is 75.7 cm³/mol. The van der Waals surface area contributed by atoms with Crippen LogP contribution < -0.4 is 9.75 Å². The number of hydrazone groups is 1. The van der Waals surface area contributed by atoms with Crippen molar-refractivity contribution in [3.05, 3.63) is 35.4 Å². The fraction of sp³-hybridized carbons (Fsp3) is 0.154. The molecule has 0 saturated heterocycles. The summed E-state index contributed by atoms with van der Waals surface area (Å²) in [6.45, 7) is 1.75. The molecule has 8 heteroatoms. The summed E-state index contributed by atoms with van der Waals surface area (Å²) in [5, 5.41) is 18.5. The smallest absolute Gasteiger partial charge is 0.293 e. The van der Waals surface area contributed by atoms with Gasteiger partial charge in [0.1, 0.15) is 5.75 Å². The molecular formula is C13H12N6O2. The molecular weight excluding hydrogens is 272 g/mol. The highest BCUT2D eigenvalue weighted by molar-refractivity contribution is 6.31. The number of benzene rings is 1. The lowest BCUT2D eigenvalue weighted by Gasteiger charge is -2.06. The predicted octanol–water partition coefficient (Wildman–Crippen LogP) is 1.01. The van der Waals surface area contributed by atoms with Gasteiger partial charge in [-0.1, -0.05) is 23.3 Å². The molecule has 0 radical (unpaired) electrons. The molecule has 0 fully saturated rings. The summed E-state index contributed by atoms with van der Waals surface area (Å²) in [5.74, 6) is 0.492. The topological polar surface area (TPSA) is 96.4 Å². The van der Waals surface area contributed by atoms with E-state index < -0.39 is 0 Å². The van der Waals surface area contributed by atoms with Crippen molar-refractivity contribution < 1.29 is 9.53 Å². The van der Waals surface area contributed by atoms with Crippen LogP contribution >= 0.6 is 0 Å². The zero-order valence-corrected chi connectivity index (χ0v) is 11.4. The largest absolute Gasteiger partial charge is 0.496 e. The van der Waals surface area contributed by atoms with E-state index in [-0.39, 0.29) is 11.9 Å². The molecule has 8 nitrogen and oxygen atoms in total. The van der Waals surface area contributed by atoms with Crippen LogP contribution in [0.3, 0.4) is 0 Å². The molecule has 0 saturated carbocycles. The summed E-state index contributed by atoms with van der Waals surface area (Å²) in [6.07, 6.45) is 1.74. The summed E-state index contributed by atoms with van der Waals surface area (Å²) in [7, 11) is 1.58. The molecule has 1 N–H and O–H groups in total. The molecule has 2 aromatic rings. The number of carbonyl (C=O) groups excluding carboxylic acids is 1. The van der Waals surface area contributed by atoms with Gasteiger partial charge in [0.05, 0.1) is 18.4 Å². The summed E-state index contributed by atoms with van der Waals surface area (Å²) >= 11 is 0. The van der Waals surface area contributed by atoms with Gasteiger partial charge in [-0.15, -0.1) is 5.10 Å². The minimum Gasteiger partial charge on any atom is -0.496 e. The standard InChI is InChI=1S/C13H12N6O2/c1-8-10(7-9-5-3-4-6-11(9)21-2)12(20)19(16-8)13-14-17-18-15-13/h3-7H,1-2H3,(H,14,15,17,18)/b10-7-. The zero-order valence-electron chi connectivity index (χ0n) is 11.4. The SMILES string of the molecule is COc1ccccc1/C=C1\C(=O)N(c2nn[nH]n2)N=C1C. The molecule has 1 aromatic heterocycles. The first-order chi connectivity index (χ1) is 10.2. The van der Waals surface area contributed by atoms with E-state index in [1.807, 2.05) is 24.3 Å². The van der Waals surface area contributed by atoms with Crippen molar-refractivity contribution in [3.8, 4) is 5.75 Å². The Kier molecular flexibility index (Phi) is 3.19. The summed E-state index contributed by atoms with van der Waals surface area (Å²) in [6, 6.07) is 7.43. The van der Waals surface area contributed by atoms with Crippen LogP contribution in [0.1, 0.15) is 12.5 Å². The van der Waals surface area contributed by atoms with Crippen LogP contribution in [0.25, 0.3) is 6.08 Å². The first-order valence-corrected chi connectivity index (χ1v) is 6.19. The number of anilines is 1. The normalized spacial score (nSPS) is 16.5. The summed E-state index contributed by atoms with van der Waals surface area (Å²) in [4.78, 5) is 12.4. The van der Waals surface area contributed by atoms with Gasteiger partial charge >= 0.3 is 0 Å². The third-order valence-corrected chi connectivity index (χ3v) is 3.02. The molecule has 0 aliphatic carbocycles. The first-order valence-electron chi connectivity index (χ1n) is 6.19. The number of aromatic amines is 1. The molecule has 2 heterocycles. The molecule has 1 aromatic carbocycles. The number of nitrogens with zero attached hydrogens (tertiary/aromatic N) is 5. The highest BCUT2D eigenvalue weighted by Crippen LogP contribution is 2.25. The zero-order chi connectivity index (χ0) is 14.8. The summed E-state index contributed by atoms with van der Waals surface area (Å²) in [5.41, 5.74) is 1.84. The molecule has 3 rings (SSSR count). The lowest BCUT2D eigenvalue weighted by atomic mass is 10.1. The second-order valence-corrected chi connectivity index (χ2v) is 4.31. The average molecular weight is 284 g/mol. The van der Waals surface area contributed by atoms with Crippen LogP contribution in [-0.2, 0) is 4.79 Å². The van der Waals surface area contributed by atoms with Gasteiger partial charge in [0, 0.05) is 5.56 Å². The van der Waals surface area contributed by atoms with Gasteiger partial charge in [0.25, 0.3) is 11.9 Å². The van der Waals surface area contributed by atoms with Crippen molar-refractivity contribution in [1.29, 1.82) is 0 Å². The maximum absolute atomic E-state index is 12.4. The number of aromatic nitrogens is 4. The number of ether oxygens (including phenoxy) is 1. The second-order valence-electron chi connectivity index (χ2n) is 4.31. The minimum atomic E-state index is -0.306. The number of para-hydroxylation sites is 1. The van der Waals surface area contributed by atoms with E-state index in [0.29, 0.717) is 17.0 Å². The van der Waals surface area contributed by atoms with Gasteiger partial charge in [-0.2, -0.15) is 15.3 Å². The quantitative estimate of drug-likeness (QED) is 0.849. The van der Waals surface area contributed by atoms with Crippen molar-refractivity contribution in [2.75, 3.05) is 12.1 Å². The van der Waals surface area contributed by atoms with E-state index in [1.54, 1.807) is 20.1 Å². The van der Waals surface area contributed by atoms with Crippen molar-refractivity contribution in [2.45, 2.75) is 6.92 Å². The lowest BCUT2D eigenvalue weighted by Crippen LogP contribution is -2.22. The molecule has 0 bridgehead atoms.